The van der Waals surface area contributed by atoms with E-state index in [0.29, 0.717) is 12.0 Å². The number of benzene rings is 1. The van der Waals surface area contributed by atoms with E-state index in [1.165, 1.54) is 16.8 Å². The van der Waals surface area contributed by atoms with Gasteiger partial charge in [-0.1, -0.05) is 33.1 Å². The molecule has 1 aromatic carbocycles. The van der Waals surface area contributed by atoms with Gasteiger partial charge in [-0.05, 0) is 48.9 Å². The zero-order valence-electron chi connectivity index (χ0n) is 13.2. The minimum absolute atomic E-state index is 0.301. The number of nitrogens with one attached hydrogen (secondary N) is 1. The van der Waals surface area contributed by atoms with Crippen molar-refractivity contribution in [3.63, 3.8) is 0 Å². The van der Waals surface area contributed by atoms with Gasteiger partial charge in [-0.15, -0.1) is 0 Å². The minimum atomic E-state index is 0.301. The Morgan fingerprint density at radius 3 is 2.60 bits per heavy atom. The minimum Gasteiger partial charge on any atom is -0.377 e. The molecule has 2 nitrogen and oxygen atoms in total. The first-order valence-corrected chi connectivity index (χ1v) is 7.37. The summed E-state index contributed by atoms with van der Waals surface area (Å²) in [6.45, 7) is 14.9. The molecule has 1 aliphatic rings. The number of allylic oxidation sites excluding steroid dienone is 1. The number of hydrogen-bond acceptors (Lipinski definition) is 2. The van der Waals surface area contributed by atoms with E-state index in [1.807, 2.05) is 7.05 Å². The largest absolute Gasteiger partial charge is 0.377 e. The second-order valence-corrected chi connectivity index (χ2v) is 6.08. The molecule has 1 saturated heterocycles. The smallest absolute Gasteiger partial charge is 0.0662 e. The third-order valence-corrected chi connectivity index (χ3v) is 4.26. The van der Waals surface area contributed by atoms with E-state index in [2.05, 4.69) is 62.3 Å². The summed E-state index contributed by atoms with van der Waals surface area (Å²) in [5, 5.41) is 3.61. The highest BCUT2D eigenvalue weighted by Crippen LogP contribution is 2.29. The maximum atomic E-state index is 4.19. The van der Waals surface area contributed by atoms with Crippen molar-refractivity contribution in [1.82, 2.24) is 4.90 Å². The molecule has 0 radical (unpaired) electrons. The average Bonchev–Trinajstić information content (AvgIpc) is 2.39. The lowest BCUT2D eigenvalue weighted by atomic mass is 9.96. The summed E-state index contributed by atoms with van der Waals surface area (Å²) in [6.07, 6.45) is 2.09. The lowest BCUT2D eigenvalue weighted by Crippen LogP contribution is -2.35. The molecule has 20 heavy (non-hydrogen) atoms. The zero-order valence-corrected chi connectivity index (χ0v) is 13.2. The standard InChI is InChI=1S/C18H26N2/c1-12(2)17-9-8-16(11-13(17)3)19-18-10-7-14(4)20(6)15(18)5/h8-9,11-12,18-19H,4-5,7,10H2,1-3,6H3. The molecular formula is C18H26N2. The Morgan fingerprint density at radius 2 is 2.00 bits per heavy atom. The fraction of sp³-hybridized carbons (Fsp3) is 0.444. The van der Waals surface area contributed by atoms with Gasteiger partial charge in [0.15, 0.2) is 0 Å². The third kappa shape index (κ3) is 2.90. The van der Waals surface area contributed by atoms with Crippen molar-refractivity contribution in [2.45, 2.75) is 45.6 Å². The summed E-state index contributed by atoms with van der Waals surface area (Å²) in [4.78, 5) is 2.11. The van der Waals surface area contributed by atoms with Gasteiger partial charge in [0.25, 0.3) is 0 Å². The number of piperidine rings is 1. The van der Waals surface area contributed by atoms with Crippen LogP contribution in [0.2, 0.25) is 0 Å². The molecule has 1 atom stereocenters. The highest BCUT2D eigenvalue weighted by Gasteiger charge is 2.23. The molecule has 1 aliphatic heterocycles. The molecular weight excluding hydrogens is 244 g/mol. The fourth-order valence-electron chi connectivity index (χ4n) is 2.85. The van der Waals surface area contributed by atoms with Gasteiger partial charge in [-0.3, -0.25) is 0 Å². The Labute approximate surface area is 123 Å². The van der Waals surface area contributed by atoms with Crippen molar-refractivity contribution in [3.05, 3.63) is 53.9 Å². The van der Waals surface area contributed by atoms with Crippen molar-refractivity contribution in [1.29, 1.82) is 0 Å². The Bertz CT molecular complexity index is 528. The maximum absolute atomic E-state index is 4.19. The summed E-state index contributed by atoms with van der Waals surface area (Å²) < 4.78 is 0. The Kier molecular flexibility index (Phi) is 4.22. The van der Waals surface area contributed by atoms with Crippen LogP contribution in [0, 0.1) is 6.92 Å². The molecule has 0 saturated carbocycles. The third-order valence-electron chi connectivity index (χ3n) is 4.26. The van der Waals surface area contributed by atoms with Crippen molar-refractivity contribution >= 4 is 5.69 Å². The predicted octanol–water partition coefficient (Wildman–Crippen LogP) is 4.65. The average molecular weight is 270 g/mol. The van der Waals surface area contributed by atoms with Gasteiger partial charge in [0.1, 0.15) is 0 Å². The summed E-state index contributed by atoms with van der Waals surface area (Å²) in [5.74, 6) is 0.572. The summed E-state index contributed by atoms with van der Waals surface area (Å²) in [5.41, 5.74) is 6.21. The van der Waals surface area contributed by atoms with Crippen LogP contribution in [0.4, 0.5) is 5.69 Å². The SMILES string of the molecule is C=C1CCC(Nc2ccc(C(C)C)c(C)c2)C(=C)N1C. The highest BCUT2D eigenvalue weighted by molar-refractivity contribution is 5.51. The van der Waals surface area contributed by atoms with Gasteiger partial charge in [0.2, 0.25) is 0 Å². The first-order chi connectivity index (χ1) is 9.40. The monoisotopic (exact) mass is 270 g/mol. The topological polar surface area (TPSA) is 15.3 Å². The molecule has 0 aromatic heterocycles. The second-order valence-electron chi connectivity index (χ2n) is 6.08. The van der Waals surface area contributed by atoms with Gasteiger partial charge in [-0.2, -0.15) is 0 Å². The zero-order chi connectivity index (χ0) is 14.9. The summed E-state index contributed by atoms with van der Waals surface area (Å²) in [7, 11) is 2.05. The van der Waals surface area contributed by atoms with Gasteiger partial charge < -0.3 is 10.2 Å². The van der Waals surface area contributed by atoms with Crippen LogP contribution in [0.15, 0.2) is 42.8 Å². The number of likely N-dealkylation sites (N-methyl/N-ethyl adjacent to an activating group) is 1. The first kappa shape index (κ1) is 14.7. The van der Waals surface area contributed by atoms with Gasteiger partial charge in [0, 0.05) is 24.1 Å². The first-order valence-electron chi connectivity index (χ1n) is 7.37. The Morgan fingerprint density at radius 1 is 1.30 bits per heavy atom. The van der Waals surface area contributed by atoms with Gasteiger partial charge in [0.05, 0.1) is 6.04 Å². The molecule has 0 aliphatic carbocycles. The van der Waals surface area contributed by atoms with Crippen LogP contribution in [-0.4, -0.2) is 18.0 Å². The normalized spacial score (nSPS) is 19.6. The number of anilines is 1. The fourth-order valence-corrected chi connectivity index (χ4v) is 2.85. The molecule has 0 spiro atoms. The molecule has 1 fully saturated rings. The van der Waals surface area contributed by atoms with Gasteiger partial charge in [-0.25, -0.2) is 0 Å². The van der Waals surface area contributed by atoms with Crippen molar-refractivity contribution in [2.24, 2.45) is 0 Å². The summed E-state index contributed by atoms with van der Waals surface area (Å²) in [6, 6.07) is 6.96. The molecule has 0 bridgehead atoms. The quantitative estimate of drug-likeness (QED) is 0.860. The van der Waals surface area contributed by atoms with E-state index < -0.39 is 0 Å². The number of hydrogen-bond donors (Lipinski definition) is 1. The van der Waals surface area contributed by atoms with E-state index in [9.17, 15) is 0 Å². The molecule has 1 unspecified atom stereocenters. The van der Waals surface area contributed by atoms with Crippen molar-refractivity contribution in [3.8, 4) is 0 Å². The molecule has 1 heterocycles. The lowest BCUT2D eigenvalue weighted by Gasteiger charge is -2.36. The molecule has 2 rings (SSSR count). The molecule has 1 aromatic rings. The molecule has 108 valence electrons. The van der Waals surface area contributed by atoms with Crippen LogP contribution in [0.5, 0.6) is 0 Å². The molecule has 0 amide bonds. The number of aryl methyl sites for hydroxylation is 1. The van der Waals surface area contributed by atoms with Crippen LogP contribution in [-0.2, 0) is 0 Å². The lowest BCUT2D eigenvalue weighted by molar-refractivity contribution is 0.405. The van der Waals surface area contributed by atoms with Crippen LogP contribution < -0.4 is 5.32 Å². The van der Waals surface area contributed by atoms with E-state index in [4.69, 9.17) is 0 Å². The maximum Gasteiger partial charge on any atom is 0.0662 e. The Hall–Kier alpha value is -1.70. The second kappa shape index (κ2) is 5.74. The number of nitrogens with zero attached hydrogens (tertiary/aromatic N) is 1. The number of rotatable bonds is 3. The Balaban J connectivity index is 2.13. The van der Waals surface area contributed by atoms with Crippen molar-refractivity contribution in [2.75, 3.05) is 12.4 Å². The van der Waals surface area contributed by atoms with E-state index >= 15 is 0 Å². The van der Waals surface area contributed by atoms with Gasteiger partial charge >= 0.3 is 0 Å². The number of likely N-dealkylation sites (tertiary alicyclic amines) is 1. The predicted molar refractivity (Wildman–Crippen MR) is 88.0 cm³/mol. The van der Waals surface area contributed by atoms with Crippen molar-refractivity contribution < 1.29 is 0 Å². The van der Waals surface area contributed by atoms with E-state index in [-0.39, 0.29) is 0 Å². The van der Waals surface area contributed by atoms with Crippen LogP contribution in [0.25, 0.3) is 0 Å². The summed E-state index contributed by atoms with van der Waals surface area (Å²) >= 11 is 0. The van der Waals surface area contributed by atoms with E-state index in [1.54, 1.807) is 0 Å². The van der Waals surface area contributed by atoms with Crippen LogP contribution in [0.3, 0.4) is 0 Å². The van der Waals surface area contributed by atoms with Crippen LogP contribution >= 0.6 is 0 Å². The molecule has 2 heteroatoms. The van der Waals surface area contributed by atoms with E-state index in [0.717, 1.165) is 24.2 Å². The van der Waals surface area contributed by atoms with Crippen LogP contribution in [0.1, 0.15) is 43.7 Å². The molecule has 1 N–H and O–H groups in total. The highest BCUT2D eigenvalue weighted by atomic mass is 15.2.